The molecule has 5 nitrogen and oxygen atoms in total. The number of halogens is 1. The van der Waals surface area contributed by atoms with E-state index in [1.54, 1.807) is 24.5 Å². The number of benzene rings is 2. The summed E-state index contributed by atoms with van der Waals surface area (Å²) in [6.07, 6.45) is 3.11. The summed E-state index contributed by atoms with van der Waals surface area (Å²) in [5, 5.41) is 0.661. The minimum Gasteiger partial charge on any atom is -0.492 e. The van der Waals surface area contributed by atoms with Crippen LogP contribution in [0.2, 0.25) is 5.02 Å². The molecule has 0 N–H and O–H groups in total. The molecule has 0 saturated carbocycles. The van der Waals surface area contributed by atoms with Gasteiger partial charge in [0.05, 0.1) is 33.5 Å². The summed E-state index contributed by atoms with van der Waals surface area (Å²) in [7, 11) is -1.28. The summed E-state index contributed by atoms with van der Waals surface area (Å²) in [6, 6.07) is 14.7. The van der Waals surface area contributed by atoms with Crippen LogP contribution < -0.4 is 10.3 Å². The van der Waals surface area contributed by atoms with E-state index in [2.05, 4.69) is 25.8 Å². The smallest absolute Gasteiger partial charge is 0.275 e. The van der Waals surface area contributed by atoms with E-state index in [9.17, 15) is 9.00 Å². The molecule has 2 heterocycles. The molecule has 0 radical (unpaired) electrons. The molecule has 4 aromatic rings. The van der Waals surface area contributed by atoms with Gasteiger partial charge in [-0.3, -0.25) is 13.6 Å². The van der Waals surface area contributed by atoms with E-state index in [0.717, 1.165) is 10.4 Å². The largest absolute Gasteiger partial charge is 0.492 e. The van der Waals surface area contributed by atoms with Gasteiger partial charge in [-0.15, -0.1) is 11.3 Å². The lowest BCUT2D eigenvalue weighted by Gasteiger charge is -2.20. The highest BCUT2D eigenvalue weighted by atomic mass is 35.5. The summed E-state index contributed by atoms with van der Waals surface area (Å²) in [5.41, 5.74) is 2.02. The molecule has 0 amide bonds. The van der Waals surface area contributed by atoms with E-state index >= 15 is 0 Å². The molecule has 2 aromatic heterocycles. The lowest BCUT2D eigenvalue weighted by molar-refractivity contribution is 0.194. The third-order valence-corrected chi connectivity index (χ3v) is 7.09. The summed E-state index contributed by atoms with van der Waals surface area (Å²) in [4.78, 5) is 19.2. The predicted octanol–water partition coefficient (Wildman–Crippen LogP) is 5.93. The number of hydrogen-bond acceptors (Lipinski definition) is 5. The Morgan fingerprint density at radius 3 is 2.50 bits per heavy atom. The highest BCUT2D eigenvalue weighted by molar-refractivity contribution is 7.84. The van der Waals surface area contributed by atoms with Gasteiger partial charge in [-0.05, 0) is 47.4 Å². The molecule has 8 heteroatoms. The lowest BCUT2D eigenvalue weighted by Crippen LogP contribution is -2.19. The first kappa shape index (κ1) is 22.7. The zero-order valence-corrected chi connectivity index (χ0v) is 20.6. The van der Waals surface area contributed by atoms with Crippen LogP contribution in [0.4, 0.5) is 0 Å². The van der Waals surface area contributed by atoms with Gasteiger partial charge < -0.3 is 4.74 Å². The van der Waals surface area contributed by atoms with Crippen LogP contribution in [0.5, 0.6) is 5.75 Å². The first-order valence-electron chi connectivity index (χ1n) is 10.0. The van der Waals surface area contributed by atoms with Gasteiger partial charge in [0.15, 0.2) is 0 Å². The van der Waals surface area contributed by atoms with Crippen molar-refractivity contribution in [2.45, 2.75) is 25.7 Å². The van der Waals surface area contributed by atoms with E-state index in [0.29, 0.717) is 38.2 Å². The summed E-state index contributed by atoms with van der Waals surface area (Å²) in [6.45, 7) is 6.71. The molecule has 0 aliphatic carbocycles. The van der Waals surface area contributed by atoms with Crippen molar-refractivity contribution in [1.82, 2.24) is 9.55 Å². The van der Waals surface area contributed by atoms with Gasteiger partial charge in [-0.1, -0.05) is 44.5 Å². The van der Waals surface area contributed by atoms with Crippen LogP contribution in [-0.2, 0) is 10.8 Å². The van der Waals surface area contributed by atoms with Crippen molar-refractivity contribution in [1.29, 1.82) is 0 Å². The second kappa shape index (κ2) is 8.81. The quantitative estimate of drug-likeness (QED) is 0.350. The Morgan fingerprint density at radius 1 is 1.12 bits per heavy atom. The van der Waals surface area contributed by atoms with Crippen molar-refractivity contribution in [2.24, 2.45) is 5.41 Å². The Bertz CT molecular complexity index is 1370. The normalized spacial score (nSPS) is 12.8. The zero-order chi connectivity index (χ0) is 23.0. The minimum absolute atomic E-state index is 0.0297. The average Bonchev–Trinajstić information content (AvgIpc) is 3.18. The van der Waals surface area contributed by atoms with E-state index in [1.807, 2.05) is 30.3 Å². The molecule has 0 aliphatic rings. The number of ether oxygens (including phenoxy) is 1. The summed E-state index contributed by atoms with van der Waals surface area (Å²) in [5.74, 6) is 0.563. The monoisotopic (exact) mass is 486 g/mol. The van der Waals surface area contributed by atoms with E-state index in [-0.39, 0.29) is 11.0 Å². The van der Waals surface area contributed by atoms with Gasteiger partial charge in [0, 0.05) is 16.2 Å². The molecule has 0 spiro atoms. The fourth-order valence-electron chi connectivity index (χ4n) is 3.14. The molecule has 32 heavy (non-hydrogen) atoms. The van der Waals surface area contributed by atoms with Crippen LogP contribution in [0.1, 0.15) is 20.8 Å². The van der Waals surface area contributed by atoms with Crippen molar-refractivity contribution in [3.63, 3.8) is 0 Å². The number of nitrogens with zero attached hydrogens (tertiary/aromatic N) is 2. The van der Waals surface area contributed by atoms with Gasteiger partial charge in [0.2, 0.25) is 0 Å². The highest BCUT2D eigenvalue weighted by Crippen LogP contribution is 2.32. The maximum absolute atomic E-state index is 13.3. The Balaban J connectivity index is 1.75. The first-order chi connectivity index (χ1) is 15.1. The molecule has 4 rings (SSSR count). The Kier molecular flexibility index (Phi) is 6.25. The standard InChI is InChI=1S/C24H23ClN2O3S2/c1-24(2,3)13-30-19-10-9-17(11-21(19)32(4)29)27-14-26-18-12-20(31-22(18)23(27)28)15-5-7-16(25)8-6-15/h5-12,14H,13H2,1-4H3. The molecular weight excluding hydrogens is 464 g/mol. The van der Waals surface area contributed by atoms with Gasteiger partial charge in [0.25, 0.3) is 5.56 Å². The third-order valence-electron chi connectivity index (χ3n) is 4.74. The second-order valence-electron chi connectivity index (χ2n) is 8.69. The van der Waals surface area contributed by atoms with Crippen LogP contribution in [0, 0.1) is 5.41 Å². The Morgan fingerprint density at radius 2 is 1.84 bits per heavy atom. The second-order valence-corrected chi connectivity index (χ2v) is 11.5. The van der Waals surface area contributed by atoms with Gasteiger partial charge in [-0.25, -0.2) is 4.98 Å². The molecule has 0 bridgehead atoms. The lowest BCUT2D eigenvalue weighted by atomic mass is 9.99. The van der Waals surface area contributed by atoms with Crippen molar-refractivity contribution >= 4 is 44.0 Å². The van der Waals surface area contributed by atoms with Crippen LogP contribution in [0.25, 0.3) is 26.3 Å². The minimum atomic E-state index is -1.28. The summed E-state index contributed by atoms with van der Waals surface area (Å²) >= 11 is 7.38. The molecule has 0 aliphatic heterocycles. The van der Waals surface area contributed by atoms with Gasteiger partial charge in [0.1, 0.15) is 16.8 Å². The van der Waals surface area contributed by atoms with Crippen LogP contribution >= 0.6 is 22.9 Å². The van der Waals surface area contributed by atoms with Crippen LogP contribution in [0.3, 0.4) is 0 Å². The average molecular weight is 487 g/mol. The number of thiophene rings is 1. The number of fused-ring (bicyclic) bond motifs is 1. The van der Waals surface area contributed by atoms with Crippen molar-refractivity contribution in [3.05, 3.63) is 70.2 Å². The molecular formula is C24H23ClN2O3S2. The Labute approximate surface area is 198 Å². The van der Waals surface area contributed by atoms with Crippen molar-refractivity contribution in [2.75, 3.05) is 12.9 Å². The fourth-order valence-corrected chi connectivity index (χ4v) is 5.01. The molecule has 1 atom stereocenters. The number of hydrogen-bond donors (Lipinski definition) is 0. The van der Waals surface area contributed by atoms with Crippen LogP contribution in [0.15, 0.2) is 64.5 Å². The maximum atomic E-state index is 13.3. The first-order valence-corrected chi connectivity index (χ1v) is 12.8. The van der Waals surface area contributed by atoms with Gasteiger partial charge in [-0.2, -0.15) is 0 Å². The fraction of sp³-hybridized carbons (Fsp3) is 0.250. The molecule has 2 aromatic carbocycles. The SMILES string of the molecule is CS(=O)c1cc(-n2cnc3cc(-c4ccc(Cl)cc4)sc3c2=O)ccc1OCC(C)(C)C. The van der Waals surface area contributed by atoms with Gasteiger partial charge >= 0.3 is 0 Å². The maximum Gasteiger partial charge on any atom is 0.275 e. The molecule has 0 fully saturated rings. The van der Waals surface area contributed by atoms with Crippen LogP contribution in [-0.4, -0.2) is 26.6 Å². The third kappa shape index (κ3) is 4.80. The van der Waals surface area contributed by atoms with E-state index in [4.69, 9.17) is 16.3 Å². The highest BCUT2D eigenvalue weighted by Gasteiger charge is 2.17. The number of rotatable bonds is 5. The molecule has 166 valence electrons. The molecule has 0 saturated heterocycles. The molecule has 1 unspecified atom stereocenters. The van der Waals surface area contributed by atoms with E-state index < -0.39 is 10.8 Å². The number of aromatic nitrogens is 2. The summed E-state index contributed by atoms with van der Waals surface area (Å²) < 4.78 is 20.3. The zero-order valence-electron chi connectivity index (χ0n) is 18.2. The van der Waals surface area contributed by atoms with Crippen molar-refractivity contribution in [3.8, 4) is 21.9 Å². The Hall–Kier alpha value is -2.48. The predicted molar refractivity (Wildman–Crippen MR) is 133 cm³/mol. The van der Waals surface area contributed by atoms with E-state index in [1.165, 1.54) is 22.2 Å². The topological polar surface area (TPSA) is 61.2 Å². The van der Waals surface area contributed by atoms with Crippen molar-refractivity contribution < 1.29 is 8.95 Å².